The van der Waals surface area contributed by atoms with Crippen LogP contribution in [0.4, 0.5) is 22.0 Å². The number of halogens is 5. The van der Waals surface area contributed by atoms with Crippen LogP contribution < -0.4 is 0 Å². The molecule has 0 unspecified atom stereocenters. The normalized spacial score (nSPS) is 12.8. The fourth-order valence-corrected chi connectivity index (χ4v) is 3.12. The second-order valence-electron chi connectivity index (χ2n) is 5.75. The van der Waals surface area contributed by atoms with Gasteiger partial charge in [0, 0.05) is 6.42 Å². The number of hydrogen-bond acceptors (Lipinski definition) is 1. The van der Waals surface area contributed by atoms with E-state index in [1.54, 1.807) is 0 Å². The molecular weight excluding hydrogens is 319 g/mol. The van der Waals surface area contributed by atoms with E-state index in [1.165, 1.54) is 56.7 Å². The minimum absolute atomic E-state index is 0.0887. The first kappa shape index (κ1) is 22.0. The summed E-state index contributed by atoms with van der Waals surface area (Å²) in [6, 6.07) is 0. The Bertz CT molecular complexity index is 253. The van der Waals surface area contributed by atoms with E-state index >= 15 is 0 Å². The lowest BCUT2D eigenvalue weighted by atomic mass is 10.1. The van der Waals surface area contributed by atoms with Crippen LogP contribution in [-0.4, -0.2) is 23.6 Å². The van der Waals surface area contributed by atoms with Crippen molar-refractivity contribution in [3.63, 3.8) is 0 Å². The predicted molar refractivity (Wildman–Crippen MR) is 84.8 cm³/mol. The SMILES string of the molecule is CCCCCCCCCCCSCCCC(F)(F)C(F)(F)F. The number of alkyl halides is 5. The van der Waals surface area contributed by atoms with Crippen molar-refractivity contribution < 1.29 is 22.0 Å². The molecule has 0 heterocycles. The van der Waals surface area contributed by atoms with Crippen molar-refractivity contribution in [1.82, 2.24) is 0 Å². The van der Waals surface area contributed by atoms with Crippen molar-refractivity contribution in [1.29, 1.82) is 0 Å². The lowest BCUT2D eigenvalue weighted by Gasteiger charge is -2.19. The van der Waals surface area contributed by atoms with E-state index in [0.717, 1.165) is 18.6 Å². The molecule has 0 aliphatic rings. The fraction of sp³-hybridized carbons (Fsp3) is 1.00. The zero-order valence-electron chi connectivity index (χ0n) is 13.5. The highest BCUT2D eigenvalue weighted by Crippen LogP contribution is 2.39. The van der Waals surface area contributed by atoms with Gasteiger partial charge in [-0.15, -0.1) is 0 Å². The Morgan fingerprint density at radius 1 is 0.636 bits per heavy atom. The largest absolute Gasteiger partial charge is 0.453 e. The van der Waals surface area contributed by atoms with Crippen molar-refractivity contribution in [2.45, 2.75) is 89.7 Å². The van der Waals surface area contributed by atoms with Crippen molar-refractivity contribution in [3.05, 3.63) is 0 Å². The molecule has 0 nitrogen and oxygen atoms in total. The highest BCUT2D eigenvalue weighted by Gasteiger charge is 2.56. The van der Waals surface area contributed by atoms with Gasteiger partial charge in [-0.3, -0.25) is 0 Å². The molecule has 134 valence electrons. The lowest BCUT2D eigenvalue weighted by Crippen LogP contribution is -2.36. The summed E-state index contributed by atoms with van der Waals surface area (Å²) in [6.07, 6.45) is 4.45. The number of thioether (sulfide) groups is 1. The molecule has 0 N–H and O–H groups in total. The van der Waals surface area contributed by atoms with Crippen LogP contribution in [0.25, 0.3) is 0 Å². The van der Waals surface area contributed by atoms with Crippen LogP contribution in [0.3, 0.4) is 0 Å². The van der Waals surface area contributed by atoms with Gasteiger partial charge in [0.2, 0.25) is 0 Å². The molecule has 0 aromatic heterocycles. The summed E-state index contributed by atoms with van der Waals surface area (Å²) in [7, 11) is 0. The van der Waals surface area contributed by atoms with Crippen molar-refractivity contribution in [3.8, 4) is 0 Å². The zero-order chi connectivity index (χ0) is 16.9. The van der Waals surface area contributed by atoms with E-state index in [0.29, 0.717) is 5.75 Å². The van der Waals surface area contributed by atoms with Crippen LogP contribution in [0.15, 0.2) is 0 Å². The van der Waals surface area contributed by atoms with Crippen LogP contribution in [-0.2, 0) is 0 Å². The fourth-order valence-electron chi connectivity index (χ4n) is 2.15. The Balaban J connectivity index is 3.28. The third-order valence-corrected chi connectivity index (χ3v) is 4.74. The lowest BCUT2D eigenvalue weighted by molar-refractivity contribution is -0.284. The van der Waals surface area contributed by atoms with Gasteiger partial charge >= 0.3 is 12.1 Å². The molecule has 0 spiro atoms. The Morgan fingerprint density at radius 2 is 1.09 bits per heavy atom. The summed E-state index contributed by atoms with van der Waals surface area (Å²) in [5.41, 5.74) is 0. The number of hydrogen-bond donors (Lipinski definition) is 0. The molecule has 0 atom stereocenters. The summed E-state index contributed by atoms with van der Waals surface area (Å²) in [5.74, 6) is -3.30. The Labute approximate surface area is 135 Å². The maximum Gasteiger partial charge on any atom is 0.453 e. The van der Waals surface area contributed by atoms with Gasteiger partial charge < -0.3 is 0 Å². The number of unbranched alkanes of at least 4 members (excludes halogenated alkanes) is 8. The molecular formula is C16H29F5S. The quantitative estimate of drug-likeness (QED) is 0.236. The van der Waals surface area contributed by atoms with E-state index in [4.69, 9.17) is 0 Å². The summed E-state index contributed by atoms with van der Waals surface area (Å²) in [4.78, 5) is 0. The van der Waals surface area contributed by atoms with Gasteiger partial charge in [0.05, 0.1) is 0 Å². The average Bonchev–Trinajstić information content (AvgIpc) is 2.42. The molecule has 0 aromatic rings. The van der Waals surface area contributed by atoms with E-state index in [1.807, 2.05) is 0 Å². The molecule has 0 rings (SSSR count). The van der Waals surface area contributed by atoms with E-state index in [-0.39, 0.29) is 6.42 Å². The number of rotatable bonds is 14. The molecule has 0 bridgehead atoms. The van der Waals surface area contributed by atoms with Gasteiger partial charge in [0.15, 0.2) is 0 Å². The Morgan fingerprint density at radius 3 is 1.59 bits per heavy atom. The maximum atomic E-state index is 12.6. The molecule has 0 aromatic carbocycles. The monoisotopic (exact) mass is 348 g/mol. The first-order chi connectivity index (χ1) is 10.3. The van der Waals surface area contributed by atoms with E-state index < -0.39 is 18.5 Å². The first-order valence-corrected chi connectivity index (χ1v) is 9.49. The molecule has 0 fully saturated rings. The highest BCUT2D eigenvalue weighted by atomic mass is 32.2. The van der Waals surface area contributed by atoms with Crippen molar-refractivity contribution in [2.75, 3.05) is 11.5 Å². The second-order valence-corrected chi connectivity index (χ2v) is 6.97. The van der Waals surface area contributed by atoms with Crippen molar-refractivity contribution in [2.24, 2.45) is 0 Å². The Hall–Kier alpha value is -0.0000000000000000555. The molecule has 0 saturated carbocycles. The average molecular weight is 348 g/mol. The maximum absolute atomic E-state index is 12.6. The smallest absolute Gasteiger partial charge is 0.196 e. The topological polar surface area (TPSA) is 0 Å². The summed E-state index contributed by atoms with van der Waals surface area (Å²) in [6.45, 7) is 2.20. The van der Waals surface area contributed by atoms with Gasteiger partial charge in [-0.25, -0.2) is 0 Å². The van der Waals surface area contributed by atoms with Crippen LogP contribution in [0.1, 0.15) is 77.6 Å². The van der Waals surface area contributed by atoms with Gasteiger partial charge in [0.25, 0.3) is 0 Å². The standard InChI is InChI=1S/C16H29F5S/c1-2-3-4-5-6-7-8-9-10-13-22-14-11-12-15(17,18)16(19,20)21/h2-14H2,1H3. The van der Waals surface area contributed by atoms with Crippen molar-refractivity contribution >= 4 is 11.8 Å². The molecule has 0 saturated heterocycles. The van der Waals surface area contributed by atoms with E-state index in [2.05, 4.69) is 6.92 Å². The summed E-state index contributed by atoms with van der Waals surface area (Å²) in [5, 5.41) is 0. The van der Waals surface area contributed by atoms with Crippen LogP contribution in [0, 0.1) is 0 Å². The minimum atomic E-state index is -5.41. The van der Waals surface area contributed by atoms with E-state index in [9.17, 15) is 22.0 Å². The third-order valence-electron chi connectivity index (χ3n) is 3.59. The minimum Gasteiger partial charge on any atom is -0.196 e. The molecule has 0 amide bonds. The van der Waals surface area contributed by atoms with Gasteiger partial charge in [-0.05, 0) is 24.3 Å². The molecule has 0 aliphatic carbocycles. The predicted octanol–water partition coefficient (Wildman–Crippen LogP) is 7.23. The molecule has 6 heteroatoms. The van der Waals surface area contributed by atoms with Crippen LogP contribution >= 0.6 is 11.8 Å². The zero-order valence-corrected chi connectivity index (χ0v) is 14.3. The van der Waals surface area contributed by atoms with Gasteiger partial charge in [-0.2, -0.15) is 33.7 Å². The molecule has 22 heavy (non-hydrogen) atoms. The van der Waals surface area contributed by atoms with Crippen LogP contribution in [0.2, 0.25) is 0 Å². The second kappa shape index (κ2) is 12.4. The Kier molecular flexibility index (Phi) is 12.4. The van der Waals surface area contributed by atoms with Gasteiger partial charge in [-0.1, -0.05) is 58.3 Å². The van der Waals surface area contributed by atoms with Crippen LogP contribution in [0.5, 0.6) is 0 Å². The van der Waals surface area contributed by atoms with Gasteiger partial charge in [0.1, 0.15) is 0 Å². The summed E-state index contributed by atoms with van der Waals surface area (Å²) >= 11 is 1.48. The molecule has 0 aliphatic heterocycles. The summed E-state index contributed by atoms with van der Waals surface area (Å²) < 4.78 is 61.0. The molecule has 0 radical (unpaired) electrons. The third kappa shape index (κ3) is 11.6. The first-order valence-electron chi connectivity index (χ1n) is 8.33. The highest BCUT2D eigenvalue weighted by molar-refractivity contribution is 7.99.